The zero-order valence-corrected chi connectivity index (χ0v) is 12.0. The smallest absolute Gasteiger partial charge is 0.0256 e. The molecule has 0 saturated carbocycles. The molecule has 1 aliphatic carbocycles. The van der Waals surface area contributed by atoms with Crippen molar-refractivity contribution in [3.63, 3.8) is 0 Å². The number of benzene rings is 2. The normalized spacial score (nSPS) is 18.2. The number of nitrogens with one attached hydrogen (secondary N) is 1. The zero-order valence-electron chi connectivity index (χ0n) is 12.0. The zero-order chi connectivity index (χ0) is 13.9. The van der Waals surface area contributed by atoms with E-state index in [4.69, 9.17) is 5.84 Å². The molecule has 0 spiro atoms. The molecular formula is C18H22N2. The lowest BCUT2D eigenvalue weighted by atomic mass is 9.74. The highest BCUT2D eigenvalue weighted by Crippen LogP contribution is 2.38. The van der Waals surface area contributed by atoms with Crippen LogP contribution in [0.2, 0.25) is 0 Å². The highest BCUT2D eigenvalue weighted by Gasteiger charge is 2.27. The van der Waals surface area contributed by atoms with Crippen LogP contribution in [0.25, 0.3) is 0 Å². The van der Waals surface area contributed by atoms with Crippen molar-refractivity contribution in [3.8, 4) is 0 Å². The second kappa shape index (κ2) is 5.78. The lowest BCUT2D eigenvalue weighted by Crippen LogP contribution is -2.39. The molecule has 0 heterocycles. The minimum atomic E-state index is 0.342. The summed E-state index contributed by atoms with van der Waals surface area (Å²) in [7, 11) is 0. The van der Waals surface area contributed by atoms with Crippen LogP contribution < -0.4 is 11.3 Å². The molecule has 0 aromatic heterocycles. The summed E-state index contributed by atoms with van der Waals surface area (Å²) in [6.07, 6.45) is 3.31. The third kappa shape index (κ3) is 2.62. The molecule has 2 heteroatoms. The minimum absolute atomic E-state index is 0.342. The van der Waals surface area contributed by atoms with E-state index < -0.39 is 0 Å². The maximum Gasteiger partial charge on any atom is 0.0256 e. The molecule has 0 bridgehead atoms. The van der Waals surface area contributed by atoms with Gasteiger partial charge in [0.1, 0.15) is 0 Å². The number of rotatable bonds is 5. The van der Waals surface area contributed by atoms with E-state index in [1.807, 2.05) is 0 Å². The molecule has 3 rings (SSSR count). The summed E-state index contributed by atoms with van der Waals surface area (Å²) in [4.78, 5) is 0. The lowest BCUT2D eigenvalue weighted by molar-refractivity contribution is 0.421. The van der Waals surface area contributed by atoms with E-state index in [0.29, 0.717) is 12.0 Å². The number of hydrazine groups is 1. The van der Waals surface area contributed by atoms with E-state index in [1.54, 1.807) is 0 Å². The Morgan fingerprint density at radius 3 is 2.65 bits per heavy atom. The summed E-state index contributed by atoms with van der Waals surface area (Å²) >= 11 is 0. The highest BCUT2D eigenvalue weighted by atomic mass is 15.2. The van der Waals surface area contributed by atoms with E-state index >= 15 is 0 Å². The molecule has 0 saturated heterocycles. The van der Waals surface area contributed by atoms with Gasteiger partial charge in [-0.25, -0.2) is 0 Å². The third-order valence-corrected chi connectivity index (χ3v) is 4.49. The fourth-order valence-corrected chi connectivity index (χ4v) is 3.23. The Hall–Kier alpha value is -1.64. The van der Waals surface area contributed by atoms with Gasteiger partial charge in [-0.2, -0.15) is 0 Å². The molecule has 0 fully saturated rings. The summed E-state index contributed by atoms with van der Waals surface area (Å²) in [6, 6.07) is 17.7. The van der Waals surface area contributed by atoms with Crippen molar-refractivity contribution < 1.29 is 0 Å². The first-order chi connectivity index (χ1) is 9.78. The van der Waals surface area contributed by atoms with Gasteiger partial charge in [0, 0.05) is 6.04 Å². The quantitative estimate of drug-likeness (QED) is 0.644. The van der Waals surface area contributed by atoms with Crippen molar-refractivity contribution in [2.24, 2.45) is 5.84 Å². The summed E-state index contributed by atoms with van der Waals surface area (Å²) in [6.45, 7) is 2.17. The molecule has 1 aliphatic rings. The number of aryl methyl sites for hydroxylation is 1. The predicted molar refractivity (Wildman–Crippen MR) is 83.5 cm³/mol. The van der Waals surface area contributed by atoms with Crippen molar-refractivity contribution in [1.82, 2.24) is 5.43 Å². The van der Waals surface area contributed by atoms with Gasteiger partial charge in [0.15, 0.2) is 0 Å². The van der Waals surface area contributed by atoms with Crippen molar-refractivity contribution in [3.05, 3.63) is 70.8 Å². The molecule has 2 aromatic rings. The Kier molecular flexibility index (Phi) is 3.86. The van der Waals surface area contributed by atoms with Crippen LogP contribution in [-0.2, 0) is 12.8 Å². The lowest BCUT2D eigenvalue weighted by Gasteiger charge is -2.33. The first-order valence-corrected chi connectivity index (χ1v) is 7.36. The Morgan fingerprint density at radius 2 is 1.90 bits per heavy atom. The van der Waals surface area contributed by atoms with Crippen LogP contribution in [0.1, 0.15) is 34.6 Å². The first-order valence-electron chi connectivity index (χ1n) is 7.36. The minimum Gasteiger partial charge on any atom is -0.271 e. The second-order valence-electron chi connectivity index (χ2n) is 5.83. The van der Waals surface area contributed by atoms with Crippen LogP contribution in [0.4, 0.5) is 0 Å². The Balaban J connectivity index is 1.66. The van der Waals surface area contributed by atoms with Gasteiger partial charge in [0.05, 0.1) is 0 Å². The van der Waals surface area contributed by atoms with Crippen LogP contribution in [0.15, 0.2) is 48.5 Å². The maximum atomic E-state index is 5.77. The van der Waals surface area contributed by atoms with Gasteiger partial charge in [-0.15, -0.1) is 0 Å². The SMILES string of the molecule is Cc1ccccc1CC(CC1Cc2ccccc21)NN. The van der Waals surface area contributed by atoms with E-state index in [0.717, 1.165) is 12.8 Å². The molecule has 0 radical (unpaired) electrons. The van der Waals surface area contributed by atoms with Crippen molar-refractivity contribution in [2.45, 2.75) is 38.1 Å². The van der Waals surface area contributed by atoms with Crippen LogP contribution in [0.3, 0.4) is 0 Å². The summed E-state index contributed by atoms with van der Waals surface area (Å²) in [5.41, 5.74) is 8.76. The molecule has 0 amide bonds. The summed E-state index contributed by atoms with van der Waals surface area (Å²) < 4.78 is 0. The first kappa shape index (κ1) is 13.3. The fraction of sp³-hybridized carbons (Fsp3) is 0.333. The van der Waals surface area contributed by atoms with Crippen molar-refractivity contribution in [2.75, 3.05) is 0 Å². The molecule has 2 aromatic carbocycles. The average Bonchev–Trinajstić information content (AvgIpc) is 2.45. The van der Waals surface area contributed by atoms with Gasteiger partial charge in [-0.1, -0.05) is 48.5 Å². The van der Waals surface area contributed by atoms with Crippen molar-refractivity contribution >= 4 is 0 Å². The molecule has 2 atom stereocenters. The number of fused-ring (bicyclic) bond motifs is 1. The van der Waals surface area contributed by atoms with Crippen LogP contribution in [0, 0.1) is 6.92 Å². The van der Waals surface area contributed by atoms with Crippen LogP contribution in [0.5, 0.6) is 0 Å². The number of nitrogens with two attached hydrogens (primary N) is 1. The van der Waals surface area contributed by atoms with Gasteiger partial charge >= 0.3 is 0 Å². The predicted octanol–water partition coefficient (Wildman–Crippen LogP) is 3.10. The van der Waals surface area contributed by atoms with Crippen molar-refractivity contribution in [1.29, 1.82) is 0 Å². The van der Waals surface area contributed by atoms with E-state index in [2.05, 4.69) is 60.9 Å². The maximum absolute atomic E-state index is 5.77. The summed E-state index contributed by atoms with van der Waals surface area (Å²) in [5, 5.41) is 0. The molecule has 3 N–H and O–H groups in total. The van der Waals surface area contributed by atoms with Crippen LogP contribution in [-0.4, -0.2) is 6.04 Å². The van der Waals surface area contributed by atoms with E-state index in [-0.39, 0.29) is 0 Å². The van der Waals surface area contributed by atoms with Crippen LogP contribution >= 0.6 is 0 Å². The van der Waals surface area contributed by atoms with E-state index in [9.17, 15) is 0 Å². The largest absolute Gasteiger partial charge is 0.271 e. The Bertz CT molecular complexity index is 591. The number of hydrogen-bond acceptors (Lipinski definition) is 2. The second-order valence-corrected chi connectivity index (χ2v) is 5.83. The third-order valence-electron chi connectivity index (χ3n) is 4.49. The monoisotopic (exact) mass is 266 g/mol. The Morgan fingerprint density at radius 1 is 1.15 bits per heavy atom. The van der Waals surface area contributed by atoms with E-state index in [1.165, 1.54) is 28.7 Å². The fourth-order valence-electron chi connectivity index (χ4n) is 3.23. The highest BCUT2D eigenvalue weighted by molar-refractivity contribution is 5.40. The average molecular weight is 266 g/mol. The molecule has 2 nitrogen and oxygen atoms in total. The summed E-state index contributed by atoms with van der Waals surface area (Å²) in [5.74, 6) is 6.43. The standard InChI is InChI=1S/C18H22N2/c1-13-6-2-3-7-14(13)11-17(20-19)12-16-10-15-8-4-5-9-18(15)16/h2-9,16-17,20H,10-12,19H2,1H3. The molecule has 2 unspecified atom stereocenters. The topological polar surface area (TPSA) is 38.0 Å². The van der Waals surface area contributed by atoms with Gasteiger partial charge < -0.3 is 0 Å². The van der Waals surface area contributed by atoms with Gasteiger partial charge in [0.2, 0.25) is 0 Å². The molecule has 104 valence electrons. The Labute approximate surface area is 121 Å². The van der Waals surface area contributed by atoms with Gasteiger partial charge in [-0.05, 0) is 54.4 Å². The molecule has 20 heavy (non-hydrogen) atoms. The molecule has 0 aliphatic heterocycles. The molecular weight excluding hydrogens is 244 g/mol. The van der Waals surface area contributed by atoms with Gasteiger partial charge in [0.25, 0.3) is 0 Å². The van der Waals surface area contributed by atoms with Gasteiger partial charge in [-0.3, -0.25) is 11.3 Å². The number of hydrogen-bond donors (Lipinski definition) is 2.